The van der Waals surface area contributed by atoms with E-state index < -0.39 is 0 Å². The van der Waals surface area contributed by atoms with E-state index in [9.17, 15) is 4.79 Å². The zero-order chi connectivity index (χ0) is 25.9. The molecule has 1 fully saturated rings. The van der Waals surface area contributed by atoms with Crippen molar-refractivity contribution >= 4 is 28.8 Å². The second-order valence-electron chi connectivity index (χ2n) is 9.46. The molecule has 2 aromatic heterocycles. The molecule has 1 amide bonds. The van der Waals surface area contributed by atoms with Gasteiger partial charge in [-0.1, -0.05) is 16.8 Å². The van der Waals surface area contributed by atoms with E-state index in [0.29, 0.717) is 55.1 Å². The Kier molecular flexibility index (Phi) is 7.29. The van der Waals surface area contributed by atoms with E-state index in [1.807, 2.05) is 35.2 Å². The van der Waals surface area contributed by atoms with Crippen molar-refractivity contribution in [2.75, 3.05) is 26.3 Å². The Bertz CT molecular complexity index is 1410. The first kappa shape index (κ1) is 24.9. The molecule has 10 heteroatoms. The van der Waals surface area contributed by atoms with E-state index in [1.54, 1.807) is 23.5 Å². The van der Waals surface area contributed by atoms with Crippen molar-refractivity contribution in [3.05, 3.63) is 63.8 Å². The van der Waals surface area contributed by atoms with Crippen LogP contribution in [0, 0.1) is 0 Å². The average Bonchev–Trinajstić information content (AvgIpc) is 3.64. The number of rotatable bonds is 7. The summed E-state index contributed by atoms with van der Waals surface area (Å²) >= 11 is 7.63. The molecule has 2 aromatic carbocycles. The molecule has 0 saturated carbocycles. The first-order chi connectivity index (χ1) is 18.6. The molecule has 4 heterocycles. The first-order valence-corrected chi connectivity index (χ1v) is 14.1. The molecule has 0 spiro atoms. The van der Waals surface area contributed by atoms with E-state index in [-0.39, 0.29) is 5.91 Å². The lowest BCUT2D eigenvalue weighted by Gasteiger charge is -2.31. The molecule has 0 unspecified atom stereocenters. The van der Waals surface area contributed by atoms with Crippen LogP contribution < -0.4 is 9.47 Å². The molecule has 2 aliphatic heterocycles. The number of carbonyl (C=O) groups excluding carboxylic acids is 1. The molecule has 0 aliphatic carbocycles. The van der Waals surface area contributed by atoms with Crippen LogP contribution in [0.5, 0.6) is 11.5 Å². The van der Waals surface area contributed by atoms with Gasteiger partial charge in [0.25, 0.3) is 0 Å². The molecule has 0 N–H and O–H groups in total. The Balaban J connectivity index is 0.974. The van der Waals surface area contributed by atoms with E-state index >= 15 is 0 Å². The van der Waals surface area contributed by atoms with Gasteiger partial charge >= 0.3 is 0 Å². The van der Waals surface area contributed by atoms with Crippen LogP contribution >= 0.6 is 22.9 Å². The SMILES string of the molecule is O=C(CCCc1nc(-c2ccc(Cl)cc2)no1)N1CCC(c2nc(-c3ccc4c(c3)OCCO4)cs2)CC1. The predicted octanol–water partition coefficient (Wildman–Crippen LogP) is 6.01. The van der Waals surface area contributed by atoms with Crippen molar-refractivity contribution in [2.45, 2.75) is 38.0 Å². The summed E-state index contributed by atoms with van der Waals surface area (Å²) in [6.45, 7) is 2.66. The number of amides is 1. The molecule has 6 rings (SSSR count). The van der Waals surface area contributed by atoms with Crippen molar-refractivity contribution < 1.29 is 18.8 Å². The zero-order valence-electron chi connectivity index (χ0n) is 20.8. The molecule has 1 saturated heterocycles. The molecule has 2 aliphatic rings. The van der Waals surface area contributed by atoms with Crippen molar-refractivity contribution in [1.29, 1.82) is 0 Å². The van der Waals surface area contributed by atoms with Crippen LogP contribution in [0.4, 0.5) is 0 Å². The van der Waals surface area contributed by atoms with Crippen LogP contribution in [-0.2, 0) is 11.2 Å². The van der Waals surface area contributed by atoms with Crippen molar-refractivity contribution in [3.63, 3.8) is 0 Å². The maximum Gasteiger partial charge on any atom is 0.226 e. The third kappa shape index (κ3) is 5.54. The number of piperidine rings is 1. The number of likely N-dealkylation sites (tertiary alicyclic amines) is 1. The van der Waals surface area contributed by atoms with E-state index in [4.69, 9.17) is 30.6 Å². The molecule has 0 radical (unpaired) electrons. The fourth-order valence-electron chi connectivity index (χ4n) is 4.81. The van der Waals surface area contributed by atoms with Crippen LogP contribution in [-0.4, -0.2) is 52.2 Å². The summed E-state index contributed by atoms with van der Waals surface area (Å²) in [4.78, 5) is 24.1. The number of fused-ring (bicyclic) bond motifs is 1. The van der Waals surface area contributed by atoms with Crippen molar-refractivity contribution in [2.24, 2.45) is 0 Å². The van der Waals surface area contributed by atoms with Gasteiger partial charge < -0.3 is 18.9 Å². The summed E-state index contributed by atoms with van der Waals surface area (Å²) in [7, 11) is 0. The van der Waals surface area contributed by atoms with Crippen LogP contribution in [0.2, 0.25) is 5.02 Å². The van der Waals surface area contributed by atoms with Gasteiger partial charge in [0.05, 0.1) is 10.7 Å². The third-order valence-corrected chi connectivity index (χ3v) is 8.17. The number of aryl methyl sites for hydroxylation is 1. The Hall–Kier alpha value is -3.43. The number of aromatic nitrogens is 3. The lowest BCUT2D eigenvalue weighted by atomic mass is 9.97. The van der Waals surface area contributed by atoms with Crippen LogP contribution in [0.15, 0.2) is 52.4 Å². The van der Waals surface area contributed by atoms with Gasteiger partial charge in [-0.3, -0.25) is 4.79 Å². The molecule has 196 valence electrons. The summed E-state index contributed by atoms with van der Waals surface area (Å²) < 4.78 is 16.7. The summed E-state index contributed by atoms with van der Waals surface area (Å²) in [5.41, 5.74) is 2.84. The van der Waals surface area contributed by atoms with Gasteiger partial charge in [0, 0.05) is 53.4 Å². The molecule has 4 aromatic rings. The number of thiazole rings is 1. The van der Waals surface area contributed by atoms with Gasteiger partial charge in [-0.2, -0.15) is 4.98 Å². The second kappa shape index (κ2) is 11.1. The average molecular weight is 551 g/mol. The topological polar surface area (TPSA) is 90.6 Å². The fourth-order valence-corrected chi connectivity index (χ4v) is 5.93. The number of carbonyl (C=O) groups is 1. The maximum absolute atomic E-state index is 12.8. The number of benzene rings is 2. The van der Waals surface area contributed by atoms with Gasteiger partial charge in [0.2, 0.25) is 17.6 Å². The second-order valence-corrected chi connectivity index (χ2v) is 10.8. The van der Waals surface area contributed by atoms with Gasteiger partial charge in [-0.15, -0.1) is 11.3 Å². The van der Waals surface area contributed by atoms with Gasteiger partial charge in [0.15, 0.2) is 11.5 Å². The van der Waals surface area contributed by atoms with Crippen molar-refractivity contribution in [1.82, 2.24) is 20.0 Å². The highest BCUT2D eigenvalue weighted by atomic mass is 35.5. The summed E-state index contributed by atoms with van der Waals surface area (Å²) in [5, 5.41) is 7.94. The minimum atomic E-state index is 0.178. The third-order valence-electron chi connectivity index (χ3n) is 6.91. The Morgan fingerprint density at radius 2 is 1.76 bits per heavy atom. The predicted molar refractivity (Wildman–Crippen MR) is 145 cm³/mol. The monoisotopic (exact) mass is 550 g/mol. The minimum Gasteiger partial charge on any atom is -0.486 e. The van der Waals surface area contributed by atoms with E-state index in [2.05, 4.69) is 15.5 Å². The fraction of sp³-hybridized carbons (Fsp3) is 0.357. The molecular formula is C28H27ClN4O4S. The van der Waals surface area contributed by atoms with Crippen molar-refractivity contribution in [3.8, 4) is 34.1 Å². The van der Waals surface area contributed by atoms with Gasteiger partial charge in [-0.05, 0) is 61.7 Å². The number of halogens is 1. The van der Waals surface area contributed by atoms with Gasteiger partial charge in [0.1, 0.15) is 13.2 Å². The highest BCUT2D eigenvalue weighted by Gasteiger charge is 2.26. The highest BCUT2D eigenvalue weighted by Crippen LogP contribution is 2.37. The van der Waals surface area contributed by atoms with Gasteiger partial charge in [-0.25, -0.2) is 4.98 Å². The normalized spacial score (nSPS) is 15.6. The minimum absolute atomic E-state index is 0.178. The van der Waals surface area contributed by atoms with E-state index in [0.717, 1.165) is 59.3 Å². The highest BCUT2D eigenvalue weighted by molar-refractivity contribution is 7.10. The molecule has 8 nitrogen and oxygen atoms in total. The summed E-state index contributed by atoms with van der Waals surface area (Å²) in [6, 6.07) is 13.3. The Morgan fingerprint density at radius 3 is 2.58 bits per heavy atom. The molecule has 0 bridgehead atoms. The quantitative estimate of drug-likeness (QED) is 0.278. The van der Waals surface area contributed by atoms with Crippen LogP contribution in [0.25, 0.3) is 22.6 Å². The molecular weight excluding hydrogens is 524 g/mol. The standard InChI is InChI=1S/C28H27ClN4O4S/c29-21-7-4-18(5-8-21)27-31-25(37-32-27)2-1-3-26(34)33-12-10-19(11-13-33)28-30-22(17-38-28)20-6-9-23-24(16-20)36-15-14-35-23/h4-9,16-17,19H,1-3,10-15H2. The summed E-state index contributed by atoms with van der Waals surface area (Å²) in [5.74, 6) is 3.18. The number of hydrogen-bond donors (Lipinski definition) is 0. The summed E-state index contributed by atoms with van der Waals surface area (Å²) in [6.07, 6.45) is 3.56. The largest absolute Gasteiger partial charge is 0.486 e. The lowest BCUT2D eigenvalue weighted by Crippen LogP contribution is -2.37. The first-order valence-electron chi connectivity index (χ1n) is 12.8. The molecule has 0 atom stereocenters. The van der Waals surface area contributed by atoms with E-state index in [1.165, 1.54) is 0 Å². The number of ether oxygens (including phenoxy) is 2. The smallest absolute Gasteiger partial charge is 0.226 e. The lowest BCUT2D eigenvalue weighted by molar-refractivity contribution is -0.132. The Morgan fingerprint density at radius 1 is 1.00 bits per heavy atom. The number of hydrogen-bond acceptors (Lipinski definition) is 8. The zero-order valence-corrected chi connectivity index (χ0v) is 22.3. The molecule has 38 heavy (non-hydrogen) atoms. The van der Waals surface area contributed by atoms with Crippen LogP contribution in [0.1, 0.15) is 42.5 Å². The maximum atomic E-state index is 12.8. The Labute approximate surface area is 229 Å². The van der Waals surface area contributed by atoms with Crippen LogP contribution in [0.3, 0.4) is 0 Å². The number of nitrogens with zero attached hydrogens (tertiary/aromatic N) is 4.